The highest BCUT2D eigenvalue weighted by atomic mass is 19.4. The molecular formula is C12H11F6NO. The second-order valence-corrected chi connectivity index (χ2v) is 4.16. The van der Waals surface area contributed by atoms with Gasteiger partial charge in [0, 0.05) is 0 Å². The van der Waals surface area contributed by atoms with Gasteiger partial charge in [-0.2, -0.15) is 26.3 Å². The van der Waals surface area contributed by atoms with Gasteiger partial charge in [-0.3, -0.25) is 4.79 Å². The molecule has 0 aromatic heterocycles. The van der Waals surface area contributed by atoms with Gasteiger partial charge in [0.1, 0.15) is 0 Å². The van der Waals surface area contributed by atoms with E-state index in [-0.39, 0.29) is 0 Å². The van der Waals surface area contributed by atoms with Crippen molar-refractivity contribution < 1.29 is 31.1 Å². The lowest BCUT2D eigenvalue weighted by atomic mass is 10.0. The van der Waals surface area contributed by atoms with Crippen LogP contribution in [0.3, 0.4) is 0 Å². The van der Waals surface area contributed by atoms with Crippen LogP contribution >= 0.6 is 0 Å². The van der Waals surface area contributed by atoms with Crippen molar-refractivity contribution in [3.05, 3.63) is 35.9 Å². The van der Waals surface area contributed by atoms with Crippen LogP contribution in [0.25, 0.3) is 0 Å². The molecule has 112 valence electrons. The summed E-state index contributed by atoms with van der Waals surface area (Å²) >= 11 is 0. The lowest BCUT2D eigenvalue weighted by Gasteiger charge is -2.24. The third kappa shape index (κ3) is 4.14. The van der Waals surface area contributed by atoms with Crippen LogP contribution in [0.5, 0.6) is 0 Å². The third-order valence-corrected chi connectivity index (χ3v) is 2.58. The standard InChI is InChI=1S/C12H11F6NO/c1-7(8-5-3-2-4-6-8)19-10(20)9(11(13,14)15)12(16,17)18/h2-7,9H,1H3,(H,19,20). The minimum absolute atomic E-state index is 0.406. The molecule has 0 aliphatic carbocycles. The predicted molar refractivity (Wildman–Crippen MR) is 58.6 cm³/mol. The number of carbonyl (C=O) groups is 1. The molecule has 1 aromatic carbocycles. The van der Waals surface area contributed by atoms with Crippen LogP contribution in [0.2, 0.25) is 0 Å². The molecule has 20 heavy (non-hydrogen) atoms. The number of hydrogen-bond acceptors (Lipinski definition) is 1. The topological polar surface area (TPSA) is 29.1 Å². The molecule has 0 radical (unpaired) electrons. The Labute approximate surface area is 110 Å². The van der Waals surface area contributed by atoms with E-state index in [0.717, 1.165) is 0 Å². The van der Waals surface area contributed by atoms with Crippen molar-refractivity contribution in [1.29, 1.82) is 0 Å². The Hall–Kier alpha value is -1.73. The molecular weight excluding hydrogens is 288 g/mol. The van der Waals surface area contributed by atoms with E-state index in [1.807, 2.05) is 0 Å². The number of amides is 1. The molecule has 1 aromatic rings. The SMILES string of the molecule is CC(NC(=O)C(C(F)(F)F)C(F)(F)F)c1ccccc1. The first kappa shape index (κ1) is 16.3. The number of halogens is 6. The van der Waals surface area contributed by atoms with Crippen molar-refractivity contribution in [3.8, 4) is 0 Å². The molecule has 1 N–H and O–H groups in total. The summed E-state index contributed by atoms with van der Waals surface area (Å²) in [7, 11) is 0. The average Bonchev–Trinajstić information content (AvgIpc) is 2.25. The molecule has 1 atom stereocenters. The van der Waals surface area contributed by atoms with Gasteiger partial charge in [0.25, 0.3) is 0 Å². The van der Waals surface area contributed by atoms with Crippen molar-refractivity contribution in [2.75, 3.05) is 0 Å². The summed E-state index contributed by atoms with van der Waals surface area (Å²) in [5.74, 6) is -6.14. The maximum absolute atomic E-state index is 12.3. The van der Waals surface area contributed by atoms with Crippen LogP contribution in [-0.4, -0.2) is 18.3 Å². The smallest absolute Gasteiger partial charge is 0.349 e. The molecule has 0 fully saturated rings. The fraction of sp³-hybridized carbons (Fsp3) is 0.417. The minimum Gasteiger partial charge on any atom is -0.349 e. The van der Waals surface area contributed by atoms with Gasteiger partial charge >= 0.3 is 12.4 Å². The molecule has 0 aliphatic heterocycles. The largest absolute Gasteiger partial charge is 0.409 e. The first-order valence-electron chi connectivity index (χ1n) is 5.52. The van der Waals surface area contributed by atoms with E-state index in [1.54, 1.807) is 23.5 Å². The third-order valence-electron chi connectivity index (χ3n) is 2.58. The molecule has 1 amide bonds. The summed E-state index contributed by atoms with van der Waals surface area (Å²) in [5.41, 5.74) is 0.406. The Morgan fingerprint density at radius 1 is 1.00 bits per heavy atom. The van der Waals surface area contributed by atoms with Gasteiger partial charge in [-0.05, 0) is 12.5 Å². The minimum atomic E-state index is -5.68. The highest BCUT2D eigenvalue weighted by Gasteiger charge is 2.61. The van der Waals surface area contributed by atoms with E-state index in [0.29, 0.717) is 5.56 Å². The van der Waals surface area contributed by atoms with Crippen LogP contribution < -0.4 is 5.32 Å². The predicted octanol–water partition coefficient (Wildman–Crippen LogP) is 3.60. The van der Waals surface area contributed by atoms with Gasteiger partial charge in [0.05, 0.1) is 6.04 Å². The van der Waals surface area contributed by atoms with Crippen LogP contribution in [0.4, 0.5) is 26.3 Å². The van der Waals surface area contributed by atoms with Gasteiger partial charge < -0.3 is 5.32 Å². The second-order valence-electron chi connectivity index (χ2n) is 4.16. The van der Waals surface area contributed by atoms with Crippen LogP contribution in [-0.2, 0) is 4.79 Å². The number of hydrogen-bond donors (Lipinski definition) is 1. The summed E-state index contributed by atoms with van der Waals surface area (Å²) in [6.45, 7) is 1.30. The Balaban J connectivity index is 2.88. The molecule has 0 saturated heterocycles. The molecule has 0 aliphatic rings. The summed E-state index contributed by atoms with van der Waals surface area (Å²) in [5, 5.41) is 1.73. The Bertz CT molecular complexity index is 439. The zero-order chi connectivity index (χ0) is 15.6. The van der Waals surface area contributed by atoms with Crippen molar-refractivity contribution in [2.45, 2.75) is 25.3 Å². The van der Waals surface area contributed by atoms with E-state index >= 15 is 0 Å². The maximum Gasteiger partial charge on any atom is 0.409 e. The Morgan fingerprint density at radius 2 is 1.45 bits per heavy atom. The number of carbonyl (C=O) groups excluding carboxylic acids is 1. The molecule has 0 bridgehead atoms. The first-order chi connectivity index (χ1) is 9.03. The van der Waals surface area contributed by atoms with Gasteiger partial charge in [-0.15, -0.1) is 0 Å². The fourth-order valence-corrected chi connectivity index (χ4v) is 1.60. The van der Waals surface area contributed by atoms with Gasteiger partial charge in [-0.25, -0.2) is 0 Å². The maximum atomic E-state index is 12.3. The lowest BCUT2D eigenvalue weighted by Crippen LogP contribution is -2.48. The van der Waals surface area contributed by atoms with E-state index < -0.39 is 30.2 Å². The molecule has 1 rings (SSSR count). The number of benzene rings is 1. The fourth-order valence-electron chi connectivity index (χ4n) is 1.60. The lowest BCUT2D eigenvalue weighted by molar-refractivity contribution is -0.274. The zero-order valence-electron chi connectivity index (χ0n) is 10.2. The second kappa shape index (κ2) is 5.72. The van der Waals surface area contributed by atoms with Gasteiger partial charge in [-0.1, -0.05) is 30.3 Å². The van der Waals surface area contributed by atoms with Gasteiger partial charge in [0.15, 0.2) is 0 Å². The van der Waals surface area contributed by atoms with Crippen molar-refractivity contribution in [3.63, 3.8) is 0 Å². The summed E-state index contributed by atoms with van der Waals surface area (Å²) in [4.78, 5) is 11.3. The van der Waals surface area contributed by atoms with E-state index in [1.165, 1.54) is 19.1 Å². The van der Waals surface area contributed by atoms with Crippen molar-refractivity contribution in [2.24, 2.45) is 5.92 Å². The highest BCUT2D eigenvalue weighted by molar-refractivity contribution is 5.80. The van der Waals surface area contributed by atoms with Crippen LogP contribution in [0.15, 0.2) is 30.3 Å². The molecule has 2 nitrogen and oxygen atoms in total. The molecule has 0 saturated carbocycles. The monoisotopic (exact) mass is 299 g/mol. The number of alkyl halides is 6. The molecule has 0 heterocycles. The average molecular weight is 299 g/mol. The van der Waals surface area contributed by atoms with E-state index in [4.69, 9.17) is 0 Å². The van der Waals surface area contributed by atoms with Crippen LogP contribution in [0, 0.1) is 5.92 Å². The number of nitrogens with one attached hydrogen (secondary N) is 1. The van der Waals surface area contributed by atoms with Crippen molar-refractivity contribution in [1.82, 2.24) is 5.32 Å². The van der Waals surface area contributed by atoms with Gasteiger partial charge in [0.2, 0.25) is 11.8 Å². The molecule has 0 spiro atoms. The highest BCUT2D eigenvalue weighted by Crippen LogP contribution is 2.39. The summed E-state index contributed by atoms with van der Waals surface area (Å²) in [6.07, 6.45) is -11.4. The van der Waals surface area contributed by atoms with E-state index in [9.17, 15) is 31.1 Å². The molecule has 1 unspecified atom stereocenters. The summed E-state index contributed by atoms with van der Waals surface area (Å²) in [6, 6.07) is 6.76. The summed E-state index contributed by atoms with van der Waals surface area (Å²) < 4.78 is 74.0. The normalized spacial score (nSPS) is 14.2. The first-order valence-corrected chi connectivity index (χ1v) is 5.52. The van der Waals surface area contributed by atoms with Crippen molar-refractivity contribution >= 4 is 5.91 Å². The van der Waals surface area contributed by atoms with Crippen LogP contribution in [0.1, 0.15) is 18.5 Å². The Morgan fingerprint density at radius 3 is 1.85 bits per heavy atom. The Kier molecular flexibility index (Phi) is 4.67. The van der Waals surface area contributed by atoms with E-state index in [2.05, 4.69) is 0 Å². The zero-order valence-corrected chi connectivity index (χ0v) is 10.2. The number of rotatable bonds is 3. The quantitative estimate of drug-likeness (QED) is 0.849. The molecule has 8 heteroatoms.